The third kappa shape index (κ3) is 5.29. The Morgan fingerprint density at radius 2 is 1.90 bits per heavy atom. The maximum Gasteiger partial charge on any atom is 0.269 e. The normalized spacial score (nSPS) is 13.9. The Balaban J connectivity index is 2.49. The van der Waals surface area contributed by atoms with Gasteiger partial charge in [-0.3, -0.25) is 10.1 Å². The average Bonchev–Trinajstić information content (AvgIpc) is 2.46. The molecule has 0 spiro atoms. The lowest BCUT2D eigenvalue weighted by atomic mass is 9.91. The van der Waals surface area contributed by atoms with Gasteiger partial charge in [0.2, 0.25) is 0 Å². The van der Waals surface area contributed by atoms with E-state index in [1.807, 2.05) is 12.1 Å². The average molecular weight is 278 g/mol. The van der Waals surface area contributed by atoms with Crippen LogP contribution in [-0.4, -0.2) is 17.5 Å². The van der Waals surface area contributed by atoms with E-state index < -0.39 is 0 Å². The van der Waals surface area contributed by atoms with E-state index in [4.69, 9.17) is 0 Å². The van der Waals surface area contributed by atoms with Crippen LogP contribution in [0.3, 0.4) is 0 Å². The molecule has 0 aliphatic heterocycles. The van der Waals surface area contributed by atoms with Gasteiger partial charge in [-0.25, -0.2) is 0 Å². The topological polar surface area (TPSA) is 55.2 Å². The number of hydrogen-bond acceptors (Lipinski definition) is 3. The lowest BCUT2D eigenvalue weighted by molar-refractivity contribution is -0.384. The number of nitro benzene ring substituents is 1. The Hall–Kier alpha value is -1.42. The molecule has 0 saturated carbocycles. The number of hydrogen-bond donors (Lipinski definition) is 1. The van der Waals surface area contributed by atoms with E-state index in [0.717, 1.165) is 32.2 Å². The zero-order valence-electron chi connectivity index (χ0n) is 12.8. The summed E-state index contributed by atoms with van der Waals surface area (Å²) in [7, 11) is 0. The zero-order chi connectivity index (χ0) is 15.0. The Bertz CT molecular complexity index is 403. The molecule has 0 saturated heterocycles. The molecular weight excluding hydrogens is 252 g/mol. The number of nitro groups is 1. The number of rotatable bonds is 9. The fourth-order valence-electron chi connectivity index (χ4n) is 2.48. The van der Waals surface area contributed by atoms with Crippen molar-refractivity contribution in [1.82, 2.24) is 5.32 Å². The molecule has 0 heterocycles. The fraction of sp³-hybridized carbons (Fsp3) is 0.625. The summed E-state index contributed by atoms with van der Waals surface area (Å²) in [5, 5.41) is 14.2. The van der Waals surface area contributed by atoms with Gasteiger partial charge in [0.25, 0.3) is 5.69 Å². The summed E-state index contributed by atoms with van der Waals surface area (Å²) in [4.78, 5) is 10.3. The molecule has 4 heteroatoms. The van der Waals surface area contributed by atoms with Gasteiger partial charge in [-0.05, 0) is 44.2 Å². The Kier molecular flexibility index (Phi) is 7.23. The SMILES string of the molecule is CCCNC(C)C(CC)CCc1ccc([N+](=O)[O-])cc1. The molecule has 0 fully saturated rings. The third-order valence-electron chi connectivity index (χ3n) is 3.90. The molecule has 1 aromatic carbocycles. The minimum Gasteiger partial charge on any atom is -0.314 e. The Morgan fingerprint density at radius 3 is 2.40 bits per heavy atom. The predicted octanol–water partition coefficient (Wildman–Crippen LogP) is 3.94. The van der Waals surface area contributed by atoms with E-state index in [0.29, 0.717) is 12.0 Å². The molecule has 112 valence electrons. The number of benzene rings is 1. The second kappa shape index (κ2) is 8.69. The fourth-order valence-corrected chi connectivity index (χ4v) is 2.48. The van der Waals surface area contributed by atoms with Crippen LogP contribution in [0.25, 0.3) is 0 Å². The molecular formula is C16H26N2O2. The van der Waals surface area contributed by atoms with Gasteiger partial charge in [-0.2, -0.15) is 0 Å². The maximum atomic E-state index is 10.6. The number of nitrogens with one attached hydrogen (secondary N) is 1. The molecule has 1 aromatic rings. The molecule has 2 unspecified atom stereocenters. The summed E-state index contributed by atoms with van der Waals surface area (Å²) in [6, 6.07) is 7.45. The highest BCUT2D eigenvalue weighted by Gasteiger charge is 2.14. The highest BCUT2D eigenvalue weighted by Crippen LogP contribution is 2.19. The van der Waals surface area contributed by atoms with E-state index in [9.17, 15) is 10.1 Å². The van der Waals surface area contributed by atoms with E-state index in [1.165, 1.54) is 5.56 Å². The van der Waals surface area contributed by atoms with Crippen molar-refractivity contribution in [2.45, 2.75) is 52.5 Å². The number of aryl methyl sites for hydroxylation is 1. The standard InChI is InChI=1S/C16H26N2O2/c1-4-12-17-13(3)15(5-2)9-6-14-7-10-16(11-8-14)18(19)20/h7-8,10-11,13,15,17H,4-6,9,12H2,1-3H3. The highest BCUT2D eigenvalue weighted by molar-refractivity contribution is 5.32. The summed E-state index contributed by atoms with van der Waals surface area (Å²) < 4.78 is 0. The first-order chi connectivity index (χ1) is 9.58. The van der Waals surface area contributed by atoms with Crippen molar-refractivity contribution in [3.05, 3.63) is 39.9 Å². The summed E-state index contributed by atoms with van der Waals surface area (Å²) in [6.07, 6.45) is 4.41. The van der Waals surface area contributed by atoms with Crippen molar-refractivity contribution in [1.29, 1.82) is 0 Å². The second-order valence-electron chi connectivity index (χ2n) is 5.37. The van der Waals surface area contributed by atoms with Gasteiger partial charge >= 0.3 is 0 Å². The van der Waals surface area contributed by atoms with Crippen LogP contribution in [0.4, 0.5) is 5.69 Å². The molecule has 20 heavy (non-hydrogen) atoms. The van der Waals surface area contributed by atoms with Crippen molar-refractivity contribution in [3.63, 3.8) is 0 Å². The van der Waals surface area contributed by atoms with Crippen molar-refractivity contribution in [3.8, 4) is 0 Å². The van der Waals surface area contributed by atoms with Crippen LogP contribution < -0.4 is 5.32 Å². The minimum absolute atomic E-state index is 0.166. The first-order valence-corrected chi connectivity index (χ1v) is 7.55. The molecule has 1 N–H and O–H groups in total. The van der Waals surface area contributed by atoms with Gasteiger partial charge in [-0.1, -0.05) is 32.4 Å². The van der Waals surface area contributed by atoms with Crippen LogP contribution >= 0.6 is 0 Å². The summed E-state index contributed by atoms with van der Waals surface area (Å²) in [5.74, 6) is 0.650. The van der Waals surface area contributed by atoms with Gasteiger partial charge in [0.15, 0.2) is 0 Å². The van der Waals surface area contributed by atoms with Crippen LogP contribution in [0.5, 0.6) is 0 Å². The lowest BCUT2D eigenvalue weighted by Crippen LogP contribution is -2.34. The van der Waals surface area contributed by atoms with Crippen LogP contribution in [-0.2, 0) is 6.42 Å². The molecule has 1 rings (SSSR count). The first kappa shape index (κ1) is 16.6. The summed E-state index contributed by atoms with van der Waals surface area (Å²) >= 11 is 0. The molecule has 0 aliphatic rings. The van der Waals surface area contributed by atoms with E-state index >= 15 is 0 Å². The largest absolute Gasteiger partial charge is 0.314 e. The molecule has 0 amide bonds. The van der Waals surface area contributed by atoms with Crippen molar-refractivity contribution >= 4 is 5.69 Å². The number of non-ortho nitro benzene ring substituents is 1. The van der Waals surface area contributed by atoms with Gasteiger partial charge in [0.05, 0.1) is 4.92 Å². The van der Waals surface area contributed by atoms with Gasteiger partial charge < -0.3 is 5.32 Å². The van der Waals surface area contributed by atoms with Crippen LogP contribution in [0, 0.1) is 16.0 Å². The highest BCUT2D eigenvalue weighted by atomic mass is 16.6. The van der Waals surface area contributed by atoms with E-state index in [-0.39, 0.29) is 10.6 Å². The molecule has 2 atom stereocenters. The third-order valence-corrected chi connectivity index (χ3v) is 3.90. The van der Waals surface area contributed by atoms with E-state index in [2.05, 4.69) is 26.1 Å². The molecule has 0 radical (unpaired) electrons. The predicted molar refractivity (Wildman–Crippen MR) is 83.0 cm³/mol. The van der Waals surface area contributed by atoms with Crippen molar-refractivity contribution < 1.29 is 4.92 Å². The van der Waals surface area contributed by atoms with Gasteiger partial charge in [0, 0.05) is 18.2 Å². The van der Waals surface area contributed by atoms with Crippen LogP contribution in [0.1, 0.15) is 45.6 Å². The molecule has 0 aliphatic carbocycles. The minimum atomic E-state index is -0.352. The Morgan fingerprint density at radius 1 is 1.25 bits per heavy atom. The van der Waals surface area contributed by atoms with Crippen molar-refractivity contribution in [2.24, 2.45) is 5.92 Å². The molecule has 0 bridgehead atoms. The van der Waals surface area contributed by atoms with E-state index in [1.54, 1.807) is 12.1 Å². The summed E-state index contributed by atoms with van der Waals surface area (Å²) in [5.41, 5.74) is 1.34. The second-order valence-corrected chi connectivity index (χ2v) is 5.37. The molecule has 4 nitrogen and oxygen atoms in total. The van der Waals surface area contributed by atoms with Gasteiger partial charge in [-0.15, -0.1) is 0 Å². The molecule has 0 aromatic heterocycles. The quantitative estimate of drug-likeness (QED) is 0.550. The van der Waals surface area contributed by atoms with Crippen LogP contribution in [0.15, 0.2) is 24.3 Å². The van der Waals surface area contributed by atoms with Gasteiger partial charge in [0.1, 0.15) is 0 Å². The maximum absolute atomic E-state index is 10.6. The zero-order valence-corrected chi connectivity index (χ0v) is 12.8. The monoisotopic (exact) mass is 278 g/mol. The summed E-state index contributed by atoms with van der Waals surface area (Å²) in [6.45, 7) is 7.72. The number of nitrogens with zero attached hydrogens (tertiary/aromatic N) is 1. The van der Waals surface area contributed by atoms with Crippen LogP contribution in [0.2, 0.25) is 0 Å². The first-order valence-electron chi connectivity index (χ1n) is 7.55. The smallest absolute Gasteiger partial charge is 0.269 e. The van der Waals surface area contributed by atoms with Crippen molar-refractivity contribution in [2.75, 3.05) is 6.54 Å². The lowest BCUT2D eigenvalue weighted by Gasteiger charge is -2.23. The Labute approximate surface area is 121 Å².